The van der Waals surface area contributed by atoms with E-state index in [0.29, 0.717) is 12.0 Å². The van der Waals surface area contributed by atoms with Crippen LogP contribution in [0.4, 0.5) is 0 Å². The molecule has 0 aromatic carbocycles. The molecular formula is C16H26N2OS. The minimum Gasteiger partial charge on any atom is -0.393 e. The maximum Gasteiger partial charge on any atom is 0.107 e. The lowest BCUT2D eigenvalue weighted by molar-refractivity contribution is -0.00864. The molecule has 1 saturated heterocycles. The van der Waals surface area contributed by atoms with Crippen molar-refractivity contribution >= 4 is 11.3 Å². The molecule has 3 rings (SSSR count). The summed E-state index contributed by atoms with van der Waals surface area (Å²) in [5, 5.41) is 13.7. The van der Waals surface area contributed by atoms with Crippen LogP contribution in [0.2, 0.25) is 0 Å². The van der Waals surface area contributed by atoms with Crippen LogP contribution in [0.5, 0.6) is 0 Å². The molecule has 0 bridgehead atoms. The van der Waals surface area contributed by atoms with Gasteiger partial charge in [-0.1, -0.05) is 19.3 Å². The van der Waals surface area contributed by atoms with Gasteiger partial charge in [-0.15, -0.1) is 11.3 Å². The quantitative estimate of drug-likeness (QED) is 0.928. The molecule has 2 aliphatic rings. The molecule has 3 nitrogen and oxygen atoms in total. The van der Waals surface area contributed by atoms with Gasteiger partial charge in [0, 0.05) is 23.0 Å². The molecule has 20 heavy (non-hydrogen) atoms. The zero-order chi connectivity index (χ0) is 13.9. The van der Waals surface area contributed by atoms with E-state index in [1.807, 2.05) is 0 Å². The summed E-state index contributed by atoms with van der Waals surface area (Å²) in [6, 6.07) is 0.572. The topological polar surface area (TPSA) is 36.4 Å². The molecule has 112 valence electrons. The van der Waals surface area contributed by atoms with Crippen LogP contribution in [-0.2, 0) is 6.54 Å². The average Bonchev–Trinajstić information content (AvgIpc) is 2.86. The number of aromatic nitrogens is 1. The number of rotatable bonds is 3. The second kappa shape index (κ2) is 6.54. The van der Waals surface area contributed by atoms with Gasteiger partial charge in [0.2, 0.25) is 0 Å². The van der Waals surface area contributed by atoms with Crippen molar-refractivity contribution in [1.29, 1.82) is 0 Å². The largest absolute Gasteiger partial charge is 0.393 e. The molecule has 3 atom stereocenters. The van der Waals surface area contributed by atoms with Gasteiger partial charge in [-0.25, -0.2) is 4.98 Å². The van der Waals surface area contributed by atoms with Crippen molar-refractivity contribution in [2.24, 2.45) is 5.92 Å². The first-order valence-electron chi connectivity index (χ1n) is 8.07. The van der Waals surface area contributed by atoms with Gasteiger partial charge in [0.25, 0.3) is 0 Å². The van der Waals surface area contributed by atoms with Crippen LogP contribution in [0.1, 0.15) is 55.6 Å². The molecule has 0 amide bonds. The third-order valence-corrected chi connectivity index (χ3v) is 5.90. The van der Waals surface area contributed by atoms with Crippen molar-refractivity contribution < 1.29 is 5.11 Å². The Hall–Kier alpha value is -0.450. The number of thiazole rings is 1. The van der Waals surface area contributed by atoms with Gasteiger partial charge in [0.1, 0.15) is 5.01 Å². The lowest BCUT2D eigenvalue weighted by Crippen LogP contribution is -2.48. The smallest absolute Gasteiger partial charge is 0.107 e. The number of aryl methyl sites for hydroxylation is 1. The molecule has 1 N–H and O–H groups in total. The summed E-state index contributed by atoms with van der Waals surface area (Å²) >= 11 is 1.78. The molecule has 2 fully saturated rings. The van der Waals surface area contributed by atoms with Crippen LogP contribution in [-0.4, -0.2) is 33.7 Å². The zero-order valence-corrected chi connectivity index (χ0v) is 13.2. The average molecular weight is 294 g/mol. The normalized spacial score (nSPS) is 32.4. The van der Waals surface area contributed by atoms with E-state index in [4.69, 9.17) is 0 Å². The minimum absolute atomic E-state index is 0.0765. The fraction of sp³-hybridized carbons (Fsp3) is 0.812. The van der Waals surface area contributed by atoms with E-state index in [2.05, 4.69) is 22.2 Å². The van der Waals surface area contributed by atoms with Gasteiger partial charge < -0.3 is 5.11 Å². The van der Waals surface area contributed by atoms with E-state index < -0.39 is 0 Å². The van der Waals surface area contributed by atoms with Crippen molar-refractivity contribution in [1.82, 2.24) is 9.88 Å². The van der Waals surface area contributed by atoms with Crippen LogP contribution in [0.3, 0.4) is 0 Å². The van der Waals surface area contributed by atoms with Crippen molar-refractivity contribution in [3.05, 3.63) is 16.1 Å². The van der Waals surface area contributed by atoms with Crippen molar-refractivity contribution in [3.63, 3.8) is 0 Å². The van der Waals surface area contributed by atoms with Crippen molar-refractivity contribution in [2.75, 3.05) is 6.54 Å². The van der Waals surface area contributed by atoms with Gasteiger partial charge in [-0.3, -0.25) is 4.90 Å². The Kier molecular flexibility index (Phi) is 4.74. The Morgan fingerprint density at radius 1 is 1.25 bits per heavy atom. The monoisotopic (exact) mass is 294 g/mol. The molecule has 1 aliphatic carbocycles. The summed E-state index contributed by atoms with van der Waals surface area (Å²) in [6.07, 6.45) is 8.51. The number of hydrogen-bond acceptors (Lipinski definition) is 4. The number of nitrogens with zero attached hydrogens (tertiary/aromatic N) is 2. The highest BCUT2D eigenvalue weighted by atomic mass is 32.1. The lowest BCUT2D eigenvalue weighted by atomic mass is 9.78. The molecule has 3 unspecified atom stereocenters. The molecule has 0 spiro atoms. The first-order chi connectivity index (χ1) is 9.74. The van der Waals surface area contributed by atoms with Crippen molar-refractivity contribution in [2.45, 2.75) is 70.6 Å². The fourth-order valence-electron chi connectivity index (χ4n) is 3.94. The number of piperidine rings is 1. The highest BCUT2D eigenvalue weighted by Crippen LogP contribution is 2.34. The summed E-state index contributed by atoms with van der Waals surface area (Å²) in [5.74, 6) is 0.491. The summed E-state index contributed by atoms with van der Waals surface area (Å²) < 4.78 is 0. The molecule has 1 aromatic rings. The van der Waals surface area contributed by atoms with Crippen LogP contribution in [0.25, 0.3) is 0 Å². The van der Waals surface area contributed by atoms with Crippen molar-refractivity contribution in [3.8, 4) is 0 Å². The highest BCUT2D eigenvalue weighted by molar-refractivity contribution is 7.09. The second-order valence-electron chi connectivity index (χ2n) is 6.43. The van der Waals surface area contributed by atoms with E-state index in [9.17, 15) is 5.11 Å². The van der Waals surface area contributed by atoms with Gasteiger partial charge in [0.05, 0.1) is 12.6 Å². The molecule has 1 saturated carbocycles. The number of likely N-dealkylation sites (tertiary alicyclic amines) is 1. The third kappa shape index (κ3) is 3.23. The standard InChI is InChI=1S/C16H26N2OS/c1-12-11-20-16(17-12)10-18-9-5-4-7-14(18)13-6-2-3-8-15(13)19/h11,13-15,19H,2-10H2,1H3. The Balaban J connectivity index is 1.69. The third-order valence-electron chi connectivity index (χ3n) is 4.94. The molecular weight excluding hydrogens is 268 g/mol. The first-order valence-corrected chi connectivity index (χ1v) is 8.95. The summed E-state index contributed by atoms with van der Waals surface area (Å²) in [5.41, 5.74) is 1.14. The Labute approximate surface area is 126 Å². The van der Waals surface area contributed by atoms with E-state index in [1.54, 1.807) is 11.3 Å². The van der Waals surface area contributed by atoms with Crippen LogP contribution in [0.15, 0.2) is 5.38 Å². The van der Waals surface area contributed by atoms with Gasteiger partial charge in [0.15, 0.2) is 0 Å². The lowest BCUT2D eigenvalue weighted by Gasteiger charge is -2.43. The Morgan fingerprint density at radius 3 is 2.80 bits per heavy atom. The summed E-state index contributed by atoms with van der Waals surface area (Å²) in [6.45, 7) is 4.22. The molecule has 1 aromatic heterocycles. The molecule has 2 heterocycles. The predicted molar refractivity (Wildman–Crippen MR) is 82.9 cm³/mol. The summed E-state index contributed by atoms with van der Waals surface area (Å²) in [7, 11) is 0. The Bertz CT molecular complexity index is 434. The van der Waals surface area contributed by atoms with Crippen LogP contribution < -0.4 is 0 Å². The number of aliphatic hydroxyl groups is 1. The fourth-order valence-corrected chi connectivity index (χ4v) is 4.73. The summed E-state index contributed by atoms with van der Waals surface area (Å²) in [4.78, 5) is 7.22. The van der Waals surface area contributed by atoms with Gasteiger partial charge in [-0.2, -0.15) is 0 Å². The van der Waals surface area contributed by atoms with Gasteiger partial charge >= 0.3 is 0 Å². The molecule has 0 radical (unpaired) electrons. The number of hydrogen-bond donors (Lipinski definition) is 1. The molecule has 4 heteroatoms. The van der Waals surface area contributed by atoms with E-state index in [0.717, 1.165) is 18.7 Å². The highest BCUT2D eigenvalue weighted by Gasteiger charge is 2.35. The second-order valence-corrected chi connectivity index (χ2v) is 7.37. The van der Waals surface area contributed by atoms with E-state index in [1.165, 1.54) is 50.1 Å². The van der Waals surface area contributed by atoms with Crippen LogP contribution >= 0.6 is 11.3 Å². The maximum absolute atomic E-state index is 10.4. The van der Waals surface area contributed by atoms with E-state index >= 15 is 0 Å². The number of aliphatic hydroxyl groups excluding tert-OH is 1. The van der Waals surface area contributed by atoms with E-state index in [-0.39, 0.29) is 6.10 Å². The minimum atomic E-state index is -0.0765. The maximum atomic E-state index is 10.4. The predicted octanol–water partition coefficient (Wildman–Crippen LogP) is 3.36. The van der Waals surface area contributed by atoms with Crippen LogP contribution in [0, 0.1) is 12.8 Å². The van der Waals surface area contributed by atoms with Gasteiger partial charge in [-0.05, 0) is 39.2 Å². The Morgan fingerprint density at radius 2 is 2.05 bits per heavy atom. The first kappa shape index (κ1) is 14.5. The molecule has 1 aliphatic heterocycles. The SMILES string of the molecule is Cc1csc(CN2CCCCC2C2CCCCC2O)n1. The zero-order valence-electron chi connectivity index (χ0n) is 12.4.